The fourth-order valence-corrected chi connectivity index (χ4v) is 2.59. The van der Waals surface area contributed by atoms with Crippen molar-refractivity contribution in [1.29, 1.82) is 0 Å². The van der Waals surface area contributed by atoms with Gasteiger partial charge in [-0.2, -0.15) is 0 Å². The van der Waals surface area contributed by atoms with Gasteiger partial charge in [0.1, 0.15) is 11.4 Å². The minimum Gasteiger partial charge on any atom is -0.497 e. The molecule has 2 aromatic heterocycles. The van der Waals surface area contributed by atoms with Crippen molar-refractivity contribution in [2.45, 2.75) is 6.54 Å². The number of rotatable bonds is 4. The zero-order chi connectivity index (χ0) is 16.2. The summed E-state index contributed by atoms with van der Waals surface area (Å²) in [6.45, 7) is 0.431. The van der Waals surface area contributed by atoms with Crippen LogP contribution in [-0.4, -0.2) is 23.0 Å². The number of halogens is 1. The van der Waals surface area contributed by atoms with E-state index in [1.54, 1.807) is 25.6 Å². The van der Waals surface area contributed by atoms with Gasteiger partial charge in [-0.1, -0.05) is 12.1 Å². The van der Waals surface area contributed by atoms with Crippen molar-refractivity contribution in [2.75, 3.05) is 7.11 Å². The van der Waals surface area contributed by atoms with E-state index in [9.17, 15) is 4.79 Å². The molecule has 0 aliphatic heterocycles. The van der Waals surface area contributed by atoms with E-state index in [1.807, 2.05) is 30.3 Å². The SMILES string of the molecule is COc1ccc(CNC(=O)c2ccc3cncc(Br)c3n2)cc1. The van der Waals surface area contributed by atoms with Gasteiger partial charge < -0.3 is 10.1 Å². The van der Waals surface area contributed by atoms with Crippen LogP contribution >= 0.6 is 15.9 Å². The predicted octanol–water partition coefficient (Wildman–Crippen LogP) is 3.33. The Morgan fingerprint density at radius 1 is 1.17 bits per heavy atom. The zero-order valence-corrected chi connectivity index (χ0v) is 14.0. The maximum Gasteiger partial charge on any atom is 0.270 e. The molecule has 2 heterocycles. The zero-order valence-electron chi connectivity index (χ0n) is 12.4. The summed E-state index contributed by atoms with van der Waals surface area (Å²) in [5.41, 5.74) is 2.08. The smallest absolute Gasteiger partial charge is 0.270 e. The van der Waals surface area contributed by atoms with Crippen LogP contribution in [0, 0.1) is 0 Å². The first-order valence-corrected chi connectivity index (χ1v) is 7.78. The lowest BCUT2D eigenvalue weighted by Crippen LogP contribution is -2.23. The van der Waals surface area contributed by atoms with Crippen LogP contribution in [0.25, 0.3) is 10.9 Å². The van der Waals surface area contributed by atoms with Gasteiger partial charge in [0.2, 0.25) is 0 Å². The Kier molecular flexibility index (Phi) is 4.52. The summed E-state index contributed by atoms with van der Waals surface area (Å²) >= 11 is 3.40. The highest BCUT2D eigenvalue weighted by atomic mass is 79.9. The van der Waals surface area contributed by atoms with Gasteiger partial charge >= 0.3 is 0 Å². The van der Waals surface area contributed by atoms with Crippen molar-refractivity contribution in [3.63, 3.8) is 0 Å². The number of nitrogens with zero attached hydrogens (tertiary/aromatic N) is 2. The number of hydrogen-bond acceptors (Lipinski definition) is 4. The molecule has 0 bridgehead atoms. The number of aromatic nitrogens is 2. The van der Waals surface area contributed by atoms with Crippen LogP contribution in [0.5, 0.6) is 5.75 Å². The van der Waals surface area contributed by atoms with Crippen molar-refractivity contribution >= 4 is 32.7 Å². The molecule has 0 saturated carbocycles. The molecule has 0 atom stereocenters. The van der Waals surface area contributed by atoms with Crippen LogP contribution in [-0.2, 0) is 6.54 Å². The maximum atomic E-state index is 12.3. The second-order valence-corrected chi connectivity index (χ2v) is 5.77. The number of fused-ring (bicyclic) bond motifs is 1. The maximum absolute atomic E-state index is 12.3. The molecule has 1 N–H and O–H groups in total. The van der Waals surface area contributed by atoms with Gasteiger partial charge in [0.15, 0.2) is 0 Å². The number of methoxy groups -OCH3 is 1. The third-order valence-electron chi connectivity index (χ3n) is 3.40. The van der Waals surface area contributed by atoms with Gasteiger partial charge in [0.05, 0.1) is 17.1 Å². The molecule has 116 valence electrons. The summed E-state index contributed by atoms with van der Waals surface area (Å²) in [5.74, 6) is 0.571. The quantitative estimate of drug-likeness (QED) is 0.763. The highest BCUT2D eigenvalue weighted by Gasteiger charge is 2.09. The molecule has 1 amide bonds. The van der Waals surface area contributed by atoms with Crippen LogP contribution in [0.2, 0.25) is 0 Å². The number of pyridine rings is 2. The summed E-state index contributed by atoms with van der Waals surface area (Å²) in [4.78, 5) is 20.7. The van der Waals surface area contributed by atoms with Crippen molar-refractivity contribution in [3.05, 3.63) is 64.5 Å². The van der Waals surface area contributed by atoms with Crippen LogP contribution in [0.15, 0.2) is 53.3 Å². The molecule has 3 aromatic rings. The number of benzene rings is 1. The van der Waals surface area contributed by atoms with E-state index < -0.39 is 0 Å². The van der Waals surface area contributed by atoms with E-state index in [1.165, 1.54) is 0 Å². The topological polar surface area (TPSA) is 64.1 Å². The van der Waals surface area contributed by atoms with Crippen LogP contribution in [0.4, 0.5) is 0 Å². The lowest BCUT2D eigenvalue weighted by atomic mass is 10.2. The molecular formula is C17H14BrN3O2. The Morgan fingerprint density at radius 2 is 1.96 bits per heavy atom. The van der Waals surface area contributed by atoms with E-state index in [4.69, 9.17) is 4.74 Å². The number of ether oxygens (including phenoxy) is 1. The van der Waals surface area contributed by atoms with Crippen molar-refractivity contribution < 1.29 is 9.53 Å². The molecule has 0 aliphatic rings. The number of carbonyl (C=O) groups is 1. The standard InChI is InChI=1S/C17H14BrN3O2/c1-23-13-5-2-11(3-6-13)8-20-17(22)15-7-4-12-9-19-10-14(18)16(12)21-15/h2-7,9-10H,8H2,1H3,(H,20,22). The second-order valence-electron chi connectivity index (χ2n) is 4.92. The first-order chi connectivity index (χ1) is 11.2. The third kappa shape index (κ3) is 3.48. The Hall–Kier alpha value is -2.47. The molecule has 5 nitrogen and oxygen atoms in total. The molecule has 0 saturated heterocycles. The lowest BCUT2D eigenvalue weighted by Gasteiger charge is -2.07. The Balaban J connectivity index is 1.73. The average molecular weight is 372 g/mol. The number of amides is 1. The van der Waals surface area contributed by atoms with Crippen LogP contribution < -0.4 is 10.1 Å². The summed E-state index contributed by atoms with van der Waals surface area (Å²) in [5, 5.41) is 3.74. The second kappa shape index (κ2) is 6.75. The number of hydrogen-bond donors (Lipinski definition) is 1. The van der Waals surface area contributed by atoms with E-state index in [2.05, 4.69) is 31.2 Å². The van der Waals surface area contributed by atoms with Gasteiger partial charge in [0, 0.05) is 24.3 Å². The fraction of sp³-hybridized carbons (Fsp3) is 0.118. The molecule has 3 rings (SSSR count). The molecular weight excluding hydrogens is 358 g/mol. The van der Waals surface area contributed by atoms with Crippen LogP contribution in [0.3, 0.4) is 0 Å². The Morgan fingerprint density at radius 3 is 2.70 bits per heavy atom. The van der Waals surface area contributed by atoms with Gasteiger partial charge in [-0.3, -0.25) is 9.78 Å². The van der Waals surface area contributed by atoms with Crippen molar-refractivity contribution in [1.82, 2.24) is 15.3 Å². The third-order valence-corrected chi connectivity index (χ3v) is 3.98. The Labute approximate surface area is 141 Å². The summed E-state index contributed by atoms with van der Waals surface area (Å²) in [6, 6.07) is 11.1. The fourth-order valence-electron chi connectivity index (χ4n) is 2.15. The normalized spacial score (nSPS) is 10.5. The summed E-state index contributed by atoms with van der Waals surface area (Å²) in [7, 11) is 1.62. The van der Waals surface area contributed by atoms with E-state index in [0.717, 1.165) is 26.7 Å². The monoisotopic (exact) mass is 371 g/mol. The van der Waals surface area contributed by atoms with Gasteiger partial charge in [-0.25, -0.2) is 4.98 Å². The highest BCUT2D eigenvalue weighted by Crippen LogP contribution is 2.20. The van der Waals surface area contributed by atoms with Crippen LogP contribution in [0.1, 0.15) is 16.1 Å². The largest absolute Gasteiger partial charge is 0.497 e. The van der Waals surface area contributed by atoms with Gasteiger partial charge in [-0.15, -0.1) is 0 Å². The van der Waals surface area contributed by atoms with E-state index in [-0.39, 0.29) is 5.91 Å². The van der Waals surface area contributed by atoms with E-state index in [0.29, 0.717) is 12.2 Å². The molecule has 23 heavy (non-hydrogen) atoms. The molecule has 0 radical (unpaired) electrons. The number of carbonyl (C=O) groups excluding carboxylic acids is 1. The van der Waals surface area contributed by atoms with E-state index >= 15 is 0 Å². The Bertz CT molecular complexity index is 850. The summed E-state index contributed by atoms with van der Waals surface area (Å²) in [6.07, 6.45) is 3.38. The first-order valence-electron chi connectivity index (χ1n) is 6.99. The lowest BCUT2D eigenvalue weighted by molar-refractivity contribution is 0.0946. The van der Waals surface area contributed by atoms with Gasteiger partial charge in [-0.05, 0) is 45.8 Å². The minimum atomic E-state index is -0.216. The van der Waals surface area contributed by atoms with Crippen molar-refractivity contribution in [2.24, 2.45) is 0 Å². The first kappa shape index (κ1) is 15.4. The molecule has 0 aliphatic carbocycles. The average Bonchev–Trinajstić information content (AvgIpc) is 2.60. The molecule has 0 spiro atoms. The van der Waals surface area contributed by atoms with Gasteiger partial charge in [0.25, 0.3) is 5.91 Å². The molecule has 0 fully saturated rings. The highest BCUT2D eigenvalue weighted by molar-refractivity contribution is 9.10. The number of nitrogens with one attached hydrogen (secondary N) is 1. The molecule has 1 aromatic carbocycles. The van der Waals surface area contributed by atoms with Crippen molar-refractivity contribution in [3.8, 4) is 5.75 Å². The molecule has 0 unspecified atom stereocenters. The minimum absolute atomic E-state index is 0.216. The molecule has 6 heteroatoms. The summed E-state index contributed by atoms with van der Waals surface area (Å²) < 4.78 is 5.87. The predicted molar refractivity (Wildman–Crippen MR) is 91.4 cm³/mol.